The zero-order chi connectivity index (χ0) is 24.2. The highest BCUT2D eigenvalue weighted by molar-refractivity contribution is 5.72. The second kappa shape index (κ2) is 20.1. The first kappa shape index (κ1) is 29.8. The van der Waals surface area contributed by atoms with Crippen LogP contribution in [0.4, 0.5) is 0 Å². The van der Waals surface area contributed by atoms with Crippen molar-refractivity contribution < 1.29 is 9.53 Å². The van der Waals surface area contributed by atoms with Crippen LogP contribution in [-0.4, -0.2) is 38.1 Å². The second-order valence-electron chi connectivity index (χ2n) is 10.2. The second-order valence-corrected chi connectivity index (χ2v) is 10.2. The summed E-state index contributed by atoms with van der Waals surface area (Å²) in [6.45, 7) is 5.77. The van der Waals surface area contributed by atoms with Gasteiger partial charge in [-0.25, -0.2) is 0 Å². The third-order valence-electron chi connectivity index (χ3n) is 6.91. The van der Waals surface area contributed by atoms with Crippen molar-refractivity contribution in [3.8, 4) is 11.8 Å². The minimum atomic E-state index is 0.00631. The minimum Gasteiger partial charge on any atom is -0.464 e. The number of ether oxygens (including phenoxy) is 1. The molecule has 0 radical (unpaired) electrons. The molecule has 33 heavy (non-hydrogen) atoms. The summed E-state index contributed by atoms with van der Waals surface area (Å²) < 4.78 is 5.57. The van der Waals surface area contributed by atoms with E-state index in [1.54, 1.807) is 0 Å². The average Bonchev–Trinajstić information content (AvgIpc) is 3.24. The lowest BCUT2D eigenvalue weighted by Gasteiger charge is -2.17. The van der Waals surface area contributed by atoms with E-state index in [0.717, 1.165) is 51.0 Å². The van der Waals surface area contributed by atoms with Crippen molar-refractivity contribution >= 4 is 5.97 Å². The number of carbonyl (C=O) groups is 1. The Labute approximate surface area is 206 Å². The average molecular weight is 460 g/mol. The van der Waals surface area contributed by atoms with E-state index in [4.69, 9.17) is 4.74 Å². The Morgan fingerprint density at radius 1 is 1.00 bits per heavy atom. The number of rotatable bonds is 18. The van der Waals surface area contributed by atoms with Gasteiger partial charge in [-0.1, -0.05) is 83.3 Å². The zero-order valence-corrected chi connectivity index (χ0v) is 22.4. The normalized spacial score (nSPS) is 19.1. The lowest BCUT2D eigenvalue weighted by atomic mass is 9.92. The number of likely N-dealkylation sites (N-methyl/N-ethyl adjacent to an activating group) is 1. The summed E-state index contributed by atoms with van der Waals surface area (Å²) in [5, 5.41) is 0. The third kappa shape index (κ3) is 15.3. The van der Waals surface area contributed by atoms with E-state index >= 15 is 0 Å². The minimum absolute atomic E-state index is 0.00631. The predicted octanol–water partition coefficient (Wildman–Crippen LogP) is 7.79. The SMILES string of the molecule is CCCCCCC#C[C@H]1CCC[C@@H]1CC=CCCC(CCCCCC)C(=O)OCCN(C)C. The number of hydrogen-bond acceptors (Lipinski definition) is 3. The number of nitrogens with zero attached hydrogens (tertiary/aromatic N) is 1. The summed E-state index contributed by atoms with van der Waals surface area (Å²) in [5.74, 6) is 8.44. The lowest BCUT2D eigenvalue weighted by Crippen LogP contribution is -2.24. The van der Waals surface area contributed by atoms with Gasteiger partial charge < -0.3 is 9.64 Å². The number of carbonyl (C=O) groups excluding carboxylic acids is 1. The molecule has 0 N–H and O–H groups in total. The Bertz CT molecular complexity index is 572. The molecule has 190 valence electrons. The monoisotopic (exact) mass is 459 g/mol. The van der Waals surface area contributed by atoms with Gasteiger partial charge in [-0.15, -0.1) is 5.92 Å². The van der Waals surface area contributed by atoms with Crippen LogP contribution < -0.4 is 0 Å². The van der Waals surface area contributed by atoms with Crippen molar-refractivity contribution in [1.82, 2.24) is 4.90 Å². The van der Waals surface area contributed by atoms with Crippen molar-refractivity contribution in [2.75, 3.05) is 27.2 Å². The van der Waals surface area contributed by atoms with Gasteiger partial charge in [0.2, 0.25) is 0 Å². The van der Waals surface area contributed by atoms with Crippen molar-refractivity contribution in [2.24, 2.45) is 17.8 Å². The summed E-state index contributed by atoms with van der Waals surface area (Å²) >= 11 is 0. The quantitative estimate of drug-likeness (QED) is 0.0906. The van der Waals surface area contributed by atoms with Crippen LogP contribution in [0, 0.1) is 29.6 Å². The molecule has 0 aromatic rings. The van der Waals surface area contributed by atoms with E-state index in [2.05, 4.69) is 42.7 Å². The summed E-state index contributed by atoms with van der Waals surface area (Å²) in [6, 6.07) is 0. The van der Waals surface area contributed by atoms with Gasteiger partial charge in [0.05, 0.1) is 5.92 Å². The first-order chi connectivity index (χ1) is 16.1. The molecule has 1 saturated carbocycles. The largest absolute Gasteiger partial charge is 0.464 e. The van der Waals surface area contributed by atoms with Crippen molar-refractivity contribution in [3.05, 3.63) is 12.2 Å². The van der Waals surface area contributed by atoms with Crippen molar-refractivity contribution in [2.45, 2.75) is 117 Å². The third-order valence-corrected chi connectivity index (χ3v) is 6.91. The number of allylic oxidation sites excluding steroid dienone is 2. The summed E-state index contributed by atoms with van der Waals surface area (Å²) in [5.41, 5.74) is 0. The number of unbranched alkanes of at least 4 members (excludes halogenated alkanes) is 7. The molecule has 1 fully saturated rings. The van der Waals surface area contributed by atoms with Crippen LogP contribution in [0.15, 0.2) is 12.2 Å². The molecule has 0 spiro atoms. The highest BCUT2D eigenvalue weighted by Crippen LogP contribution is 2.34. The Hall–Kier alpha value is -1.27. The molecule has 0 heterocycles. The predicted molar refractivity (Wildman–Crippen MR) is 142 cm³/mol. The van der Waals surface area contributed by atoms with Gasteiger partial charge in [-0.3, -0.25) is 4.79 Å². The van der Waals surface area contributed by atoms with E-state index in [0.29, 0.717) is 12.5 Å². The molecule has 1 unspecified atom stereocenters. The fraction of sp³-hybridized carbons (Fsp3) is 0.833. The fourth-order valence-electron chi connectivity index (χ4n) is 4.68. The molecule has 1 aliphatic rings. The maximum absolute atomic E-state index is 12.6. The molecular weight excluding hydrogens is 406 g/mol. The van der Waals surface area contributed by atoms with Gasteiger partial charge in [0.15, 0.2) is 0 Å². The summed E-state index contributed by atoms with van der Waals surface area (Å²) in [7, 11) is 4.02. The van der Waals surface area contributed by atoms with E-state index < -0.39 is 0 Å². The van der Waals surface area contributed by atoms with Gasteiger partial charge in [-0.2, -0.15) is 0 Å². The van der Waals surface area contributed by atoms with Gasteiger partial charge in [-0.05, 0) is 65.0 Å². The first-order valence-corrected chi connectivity index (χ1v) is 14.0. The molecule has 1 aliphatic carbocycles. The Morgan fingerprint density at radius 2 is 1.76 bits per heavy atom. The maximum Gasteiger partial charge on any atom is 0.308 e. The molecule has 0 aromatic heterocycles. The van der Waals surface area contributed by atoms with Crippen LogP contribution >= 0.6 is 0 Å². The standard InChI is InChI=1S/C30H53NO2/c1-5-7-9-11-12-15-19-27-23-18-24-28(27)20-16-13-17-22-29(21-14-10-8-6-2)30(32)33-26-25-31(3)4/h13,16,27-29H,5-12,14,17-18,20-26H2,1-4H3/t27-,28-,29?/m0/s1. The highest BCUT2D eigenvalue weighted by Gasteiger charge is 2.24. The molecule has 0 bridgehead atoms. The smallest absolute Gasteiger partial charge is 0.308 e. The van der Waals surface area contributed by atoms with Gasteiger partial charge in [0.25, 0.3) is 0 Å². The molecule has 3 nitrogen and oxygen atoms in total. The van der Waals surface area contributed by atoms with Gasteiger partial charge in [0.1, 0.15) is 6.61 Å². The van der Waals surface area contributed by atoms with E-state index in [-0.39, 0.29) is 11.9 Å². The number of hydrogen-bond donors (Lipinski definition) is 0. The zero-order valence-electron chi connectivity index (χ0n) is 22.4. The Balaban J connectivity index is 2.38. The molecule has 3 heteroatoms. The van der Waals surface area contributed by atoms with Crippen molar-refractivity contribution in [1.29, 1.82) is 0 Å². The number of esters is 1. The van der Waals surface area contributed by atoms with Crippen molar-refractivity contribution in [3.63, 3.8) is 0 Å². The van der Waals surface area contributed by atoms with E-state index in [9.17, 15) is 4.79 Å². The van der Waals surface area contributed by atoms with Crippen LogP contribution in [0.2, 0.25) is 0 Å². The summed E-state index contributed by atoms with van der Waals surface area (Å²) in [6.07, 6.45) is 23.7. The Kier molecular flexibility index (Phi) is 18.2. The Morgan fingerprint density at radius 3 is 2.48 bits per heavy atom. The lowest BCUT2D eigenvalue weighted by molar-refractivity contribution is -0.149. The molecule has 0 aromatic carbocycles. The van der Waals surface area contributed by atoms with Gasteiger partial charge in [0, 0.05) is 18.9 Å². The van der Waals surface area contributed by atoms with Crippen LogP contribution in [0.5, 0.6) is 0 Å². The molecule has 1 rings (SSSR count). The van der Waals surface area contributed by atoms with Gasteiger partial charge >= 0.3 is 5.97 Å². The molecule has 0 amide bonds. The van der Waals surface area contributed by atoms with E-state index in [1.807, 2.05) is 14.1 Å². The first-order valence-electron chi connectivity index (χ1n) is 14.0. The maximum atomic E-state index is 12.6. The topological polar surface area (TPSA) is 29.5 Å². The summed E-state index contributed by atoms with van der Waals surface area (Å²) in [4.78, 5) is 14.7. The highest BCUT2D eigenvalue weighted by atomic mass is 16.5. The molecular formula is C30H53NO2. The van der Waals surface area contributed by atoms with Crippen LogP contribution in [0.1, 0.15) is 117 Å². The van der Waals surface area contributed by atoms with Crippen LogP contribution in [0.25, 0.3) is 0 Å². The molecule has 3 atom stereocenters. The fourth-order valence-corrected chi connectivity index (χ4v) is 4.68. The van der Waals surface area contributed by atoms with Crippen LogP contribution in [0.3, 0.4) is 0 Å². The van der Waals surface area contributed by atoms with E-state index in [1.165, 1.54) is 64.2 Å². The molecule has 0 aliphatic heterocycles. The van der Waals surface area contributed by atoms with Crippen LogP contribution in [-0.2, 0) is 9.53 Å². The molecule has 0 saturated heterocycles.